The van der Waals surface area contributed by atoms with Gasteiger partial charge in [0.2, 0.25) is 0 Å². The summed E-state index contributed by atoms with van der Waals surface area (Å²) in [6.45, 7) is 0. The molecule has 0 saturated heterocycles. The van der Waals surface area contributed by atoms with Gasteiger partial charge in [0.1, 0.15) is 11.9 Å². The van der Waals surface area contributed by atoms with Gasteiger partial charge in [-0.1, -0.05) is 47.5 Å². The van der Waals surface area contributed by atoms with Crippen molar-refractivity contribution in [3.8, 4) is 5.75 Å². The molecule has 0 aromatic heterocycles. The molecule has 0 fully saturated rings. The van der Waals surface area contributed by atoms with Gasteiger partial charge < -0.3 is 9.84 Å². The Kier molecular flexibility index (Phi) is 4.12. The van der Waals surface area contributed by atoms with Crippen molar-refractivity contribution >= 4 is 23.2 Å². The topological polar surface area (TPSA) is 29.5 Å². The van der Waals surface area contributed by atoms with Crippen molar-refractivity contribution in [2.75, 3.05) is 7.11 Å². The molecule has 1 unspecified atom stereocenters. The van der Waals surface area contributed by atoms with Gasteiger partial charge in [-0.25, -0.2) is 0 Å². The first-order valence-corrected chi connectivity index (χ1v) is 6.15. The van der Waals surface area contributed by atoms with Crippen molar-refractivity contribution in [2.45, 2.75) is 6.10 Å². The second-order valence-electron chi connectivity index (χ2n) is 3.82. The van der Waals surface area contributed by atoms with Crippen LogP contribution in [0.3, 0.4) is 0 Å². The summed E-state index contributed by atoms with van der Waals surface area (Å²) in [5.41, 5.74) is 1.29. The first kappa shape index (κ1) is 13.2. The van der Waals surface area contributed by atoms with E-state index in [1.807, 2.05) is 18.2 Å². The Morgan fingerprint density at radius 1 is 1.11 bits per heavy atom. The van der Waals surface area contributed by atoms with Gasteiger partial charge in [0, 0.05) is 5.56 Å². The number of methoxy groups -OCH3 is 1. The summed E-state index contributed by atoms with van der Waals surface area (Å²) in [5, 5.41) is 11.1. The highest BCUT2D eigenvalue weighted by Crippen LogP contribution is 2.33. The van der Waals surface area contributed by atoms with Gasteiger partial charge >= 0.3 is 0 Å². The minimum absolute atomic E-state index is 0.370. The first-order valence-electron chi connectivity index (χ1n) is 5.39. The Hall–Kier alpha value is -1.22. The number of ether oxygens (including phenoxy) is 1. The van der Waals surface area contributed by atoms with E-state index in [9.17, 15) is 5.11 Å². The molecule has 2 aromatic rings. The molecular weight excluding hydrogens is 271 g/mol. The quantitative estimate of drug-likeness (QED) is 0.919. The van der Waals surface area contributed by atoms with E-state index in [0.29, 0.717) is 26.9 Å². The number of aliphatic hydroxyl groups excluding tert-OH is 1. The molecule has 0 bridgehead atoms. The van der Waals surface area contributed by atoms with E-state index in [1.165, 1.54) is 0 Å². The Bertz CT molecular complexity index is 555. The monoisotopic (exact) mass is 282 g/mol. The molecule has 2 aromatic carbocycles. The minimum atomic E-state index is -0.827. The summed E-state index contributed by atoms with van der Waals surface area (Å²) in [4.78, 5) is 0. The van der Waals surface area contributed by atoms with Crippen LogP contribution in [0.2, 0.25) is 10.0 Å². The highest BCUT2D eigenvalue weighted by atomic mass is 35.5. The van der Waals surface area contributed by atoms with Crippen LogP contribution < -0.4 is 4.74 Å². The van der Waals surface area contributed by atoms with Crippen LogP contribution in [0.5, 0.6) is 5.75 Å². The van der Waals surface area contributed by atoms with Gasteiger partial charge in [0.05, 0.1) is 17.2 Å². The molecule has 94 valence electrons. The van der Waals surface area contributed by atoms with E-state index >= 15 is 0 Å². The van der Waals surface area contributed by atoms with E-state index < -0.39 is 6.10 Å². The molecule has 2 nitrogen and oxygen atoms in total. The number of aliphatic hydroxyl groups is 1. The molecule has 18 heavy (non-hydrogen) atoms. The fourth-order valence-corrected chi connectivity index (χ4v) is 2.13. The molecule has 0 saturated carbocycles. The third-order valence-corrected chi connectivity index (χ3v) is 3.52. The molecule has 4 heteroatoms. The smallest absolute Gasteiger partial charge is 0.119 e. The largest absolute Gasteiger partial charge is 0.497 e. The number of benzene rings is 2. The summed E-state index contributed by atoms with van der Waals surface area (Å²) < 4.78 is 5.12. The van der Waals surface area contributed by atoms with Gasteiger partial charge in [-0.05, 0) is 23.8 Å². The van der Waals surface area contributed by atoms with Crippen molar-refractivity contribution in [2.24, 2.45) is 0 Å². The van der Waals surface area contributed by atoms with Crippen molar-refractivity contribution in [3.05, 3.63) is 63.6 Å². The fourth-order valence-electron chi connectivity index (χ4n) is 1.72. The highest BCUT2D eigenvalue weighted by Gasteiger charge is 2.15. The number of hydrogen-bond donors (Lipinski definition) is 1. The predicted octanol–water partition coefficient (Wildman–Crippen LogP) is 4.08. The molecule has 1 N–H and O–H groups in total. The summed E-state index contributed by atoms with van der Waals surface area (Å²) in [6, 6.07) is 12.4. The van der Waals surface area contributed by atoms with Crippen LogP contribution in [0.4, 0.5) is 0 Å². The lowest BCUT2D eigenvalue weighted by atomic mass is 10.0. The van der Waals surface area contributed by atoms with Crippen molar-refractivity contribution in [1.29, 1.82) is 0 Å². The lowest BCUT2D eigenvalue weighted by Gasteiger charge is -2.14. The van der Waals surface area contributed by atoms with Crippen LogP contribution in [0.15, 0.2) is 42.5 Å². The Morgan fingerprint density at radius 2 is 1.83 bits per heavy atom. The Balaban J connectivity index is 2.41. The highest BCUT2D eigenvalue weighted by molar-refractivity contribution is 6.42. The summed E-state index contributed by atoms with van der Waals surface area (Å²) in [7, 11) is 1.58. The average Bonchev–Trinajstić information content (AvgIpc) is 2.41. The lowest BCUT2D eigenvalue weighted by Crippen LogP contribution is -2.01. The second-order valence-corrected chi connectivity index (χ2v) is 4.61. The van der Waals surface area contributed by atoms with Crippen LogP contribution in [0.1, 0.15) is 17.2 Å². The van der Waals surface area contributed by atoms with Gasteiger partial charge in [0.15, 0.2) is 0 Å². The van der Waals surface area contributed by atoms with Crippen LogP contribution >= 0.6 is 23.2 Å². The van der Waals surface area contributed by atoms with E-state index in [4.69, 9.17) is 27.9 Å². The van der Waals surface area contributed by atoms with Crippen LogP contribution in [0, 0.1) is 0 Å². The first-order chi connectivity index (χ1) is 8.63. The molecule has 0 amide bonds. The van der Waals surface area contributed by atoms with E-state index in [0.717, 1.165) is 0 Å². The zero-order chi connectivity index (χ0) is 13.1. The lowest BCUT2D eigenvalue weighted by molar-refractivity contribution is 0.220. The van der Waals surface area contributed by atoms with Gasteiger partial charge in [-0.15, -0.1) is 0 Å². The molecule has 0 aliphatic carbocycles. The third kappa shape index (κ3) is 2.61. The van der Waals surface area contributed by atoms with Crippen LogP contribution in [0.25, 0.3) is 0 Å². The fraction of sp³-hybridized carbons (Fsp3) is 0.143. The summed E-state index contributed by atoms with van der Waals surface area (Å²) in [5.74, 6) is 0.685. The maximum absolute atomic E-state index is 10.3. The molecule has 0 spiro atoms. The maximum atomic E-state index is 10.3. The summed E-state index contributed by atoms with van der Waals surface area (Å²) in [6.07, 6.45) is -0.827. The standard InChI is InChI=1S/C14H12Cl2O2/c1-18-10-5-2-4-9(8-10)14(17)11-6-3-7-12(15)13(11)16/h2-8,14,17H,1H3. The molecule has 2 rings (SSSR count). The van der Waals surface area contributed by atoms with Crippen LogP contribution in [-0.4, -0.2) is 12.2 Å². The average molecular weight is 283 g/mol. The number of rotatable bonds is 3. The molecule has 0 aliphatic heterocycles. The molecular formula is C14H12Cl2O2. The molecule has 1 atom stereocenters. The maximum Gasteiger partial charge on any atom is 0.119 e. The van der Waals surface area contributed by atoms with E-state index in [2.05, 4.69) is 0 Å². The van der Waals surface area contributed by atoms with Crippen molar-refractivity contribution in [3.63, 3.8) is 0 Å². The van der Waals surface area contributed by atoms with Crippen molar-refractivity contribution < 1.29 is 9.84 Å². The van der Waals surface area contributed by atoms with Gasteiger partial charge in [-0.3, -0.25) is 0 Å². The Labute approximate surface area is 116 Å². The normalized spacial score (nSPS) is 12.2. The van der Waals surface area contributed by atoms with Gasteiger partial charge in [-0.2, -0.15) is 0 Å². The SMILES string of the molecule is COc1cccc(C(O)c2cccc(Cl)c2Cl)c1. The van der Waals surface area contributed by atoms with Crippen LogP contribution in [-0.2, 0) is 0 Å². The zero-order valence-corrected chi connectivity index (χ0v) is 11.2. The second kappa shape index (κ2) is 5.61. The zero-order valence-electron chi connectivity index (χ0n) is 9.73. The number of hydrogen-bond acceptors (Lipinski definition) is 2. The van der Waals surface area contributed by atoms with E-state index in [1.54, 1.807) is 31.4 Å². The predicted molar refractivity (Wildman–Crippen MR) is 73.5 cm³/mol. The summed E-state index contributed by atoms with van der Waals surface area (Å²) >= 11 is 12.0. The number of halogens is 2. The molecule has 0 aliphatic rings. The van der Waals surface area contributed by atoms with Crippen molar-refractivity contribution in [1.82, 2.24) is 0 Å². The third-order valence-electron chi connectivity index (χ3n) is 2.69. The Morgan fingerprint density at radius 3 is 2.56 bits per heavy atom. The molecule has 0 radical (unpaired) electrons. The van der Waals surface area contributed by atoms with Gasteiger partial charge in [0.25, 0.3) is 0 Å². The minimum Gasteiger partial charge on any atom is -0.497 e. The van der Waals surface area contributed by atoms with E-state index in [-0.39, 0.29) is 0 Å². The molecule has 0 heterocycles.